The highest BCUT2D eigenvalue weighted by atomic mass is 32.2. The van der Waals surface area contributed by atoms with Gasteiger partial charge in [-0.1, -0.05) is 12.1 Å². The molecule has 3 N–H and O–H groups in total. The summed E-state index contributed by atoms with van der Waals surface area (Å²) < 4.78 is 17.3. The number of hydrogen-bond donors (Lipinski definition) is 2. The largest absolute Gasteiger partial charge is 0.378 e. The molecule has 3 rings (SSSR count). The molecule has 106 valence electrons. The fourth-order valence-electron chi connectivity index (χ4n) is 1.74. The number of nitrogens with one attached hydrogen (secondary N) is 1. The fraction of sp³-hybridized carbons (Fsp3) is 0. The molecular formula is C12H8FN5O2S. The molecule has 1 aromatic carbocycles. The second-order valence-electron chi connectivity index (χ2n) is 4.08. The fourth-order valence-corrected chi connectivity index (χ4v) is 2.58. The van der Waals surface area contributed by atoms with Gasteiger partial charge in [-0.25, -0.2) is 13.9 Å². The topological polar surface area (TPSA) is 109 Å². The van der Waals surface area contributed by atoms with Gasteiger partial charge in [0.1, 0.15) is 5.82 Å². The number of hydrogen-bond acceptors (Lipinski definition) is 7. The number of nitrogens with two attached hydrogens (primary N) is 1. The SMILES string of the molecule is N=C1SC(=Cc2ccc(F)cc2)C(=O)N1c1nonc1N. The van der Waals surface area contributed by atoms with Crippen LogP contribution in [0.2, 0.25) is 0 Å². The van der Waals surface area contributed by atoms with Gasteiger partial charge in [-0.3, -0.25) is 10.2 Å². The Hall–Kier alpha value is -2.68. The molecular weight excluding hydrogens is 297 g/mol. The number of nitrogen functional groups attached to an aromatic ring is 1. The Morgan fingerprint density at radius 3 is 2.67 bits per heavy atom. The van der Waals surface area contributed by atoms with E-state index in [0.717, 1.165) is 16.7 Å². The average Bonchev–Trinajstić information content (AvgIpc) is 2.97. The first-order chi connectivity index (χ1) is 10.1. The number of nitrogens with zero attached hydrogens (tertiary/aromatic N) is 3. The molecule has 1 saturated heterocycles. The number of aromatic nitrogens is 2. The van der Waals surface area contributed by atoms with Gasteiger partial charge in [0.05, 0.1) is 4.91 Å². The van der Waals surface area contributed by atoms with Crippen LogP contribution in [0.3, 0.4) is 0 Å². The molecule has 7 nitrogen and oxygen atoms in total. The van der Waals surface area contributed by atoms with Gasteiger partial charge in [0.15, 0.2) is 5.17 Å². The van der Waals surface area contributed by atoms with E-state index < -0.39 is 5.91 Å². The lowest BCUT2D eigenvalue weighted by molar-refractivity contribution is -0.113. The lowest BCUT2D eigenvalue weighted by atomic mass is 10.2. The van der Waals surface area contributed by atoms with Crippen molar-refractivity contribution in [3.05, 3.63) is 40.6 Å². The van der Waals surface area contributed by atoms with Crippen molar-refractivity contribution in [1.82, 2.24) is 10.3 Å². The van der Waals surface area contributed by atoms with Gasteiger partial charge in [0, 0.05) is 0 Å². The van der Waals surface area contributed by atoms with Crippen LogP contribution in [-0.2, 0) is 4.79 Å². The molecule has 0 bridgehead atoms. The Labute approximate surface area is 122 Å². The number of carbonyl (C=O) groups is 1. The summed E-state index contributed by atoms with van der Waals surface area (Å²) in [6.07, 6.45) is 1.56. The molecule has 9 heteroatoms. The summed E-state index contributed by atoms with van der Waals surface area (Å²) in [6.45, 7) is 0. The molecule has 0 saturated carbocycles. The molecule has 0 spiro atoms. The first-order valence-electron chi connectivity index (χ1n) is 5.72. The Kier molecular flexibility index (Phi) is 3.18. The van der Waals surface area contributed by atoms with E-state index in [1.54, 1.807) is 6.08 Å². The van der Waals surface area contributed by atoms with Gasteiger partial charge in [0.2, 0.25) is 11.6 Å². The predicted octanol–water partition coefficient (Wildman–Crippen LogP) is 1.85. The third kappa shape index (κ3) is 2.38. The third-order valence-electron chi connectivity index (χ3n) is 2.70. The van der Waals surface area contributed by atoms with Gasteiger partial charge >= 0.3 is 0 Å². The van der Waals surface area contributed by atoms with Crippen LogP contribution in [0.5, 0.6) is 0 Å². The Bertz CT molecular complexity index is 755. The van der Waals surface area contributed by atoms with Gasteiger partial charge in [0.25, 0.3) is 5.91 Å². The number of amides is 1. The van der Waals surface area contributed by atoms with Gasteiger partial charge in [-0.15, -0.1) is 0 Å². The normalized spacial score (nSPS) is 17.0. The number of thioether (sulfide) groups is 1. The van der Waals surface area contributed by atoms with Crippen LogP contribution in [0, 0.1) is 11.2 Å². The molecule has 0 radical (unpaired) electrons. The van der Waals surface area contributed by atoms with E-state index in [1.165, 1.54) is 24.3 Å². The summed E-state index contributed by atoms with van der Waals surface area (Å²) in [6, 6.07) is 5.65. The lowest BCUT2D eigenvalue weighted by Crippen LogP contribution is -2.29. The number of amidine groups is 1. The van der Waals surface area contributed by atoms with Crippen molar-refractivity contribution in [3.63, 3.8) is 0 Å². The van der Waals surface area contributed by atoms with Crippen LogP contribution in [0.15, 0.2) is 33.8 Å². The number of rotatable bonds is 2. The molecule has 21 heavy (non-hydrogen) atoms. The third-order valence-corrected chi connectivity index (χ3v) is 3.59. The highest BCUT2D eigenvalue weighted by Gasteiger charge is 2.37. The van der Waals surface area contributed by atoms with Crippen LogP contribution in [0.1, 0.15) is 5.56 Å². The van der Waals surface area contributed by atoms with E-state index in [0.29, 0.717) is 10.5 Å². The lowest BCUT2D eigenvalue weighted by Gasteiger charge is -2.09. The minimum absolute atomic E-state index is 0.0139. The first kappa shape index (κ1) is 13.3. The quantitative estimate of drug-likeness (QED) is 0.819. The van der Waals surface area contributed by atoms with Crippen molar-refractivity contribution in [3.8, 4) is 0 Å². The number of benzene rings is 1. The monoisotopic (exact) mass is 305 g/mol. The summed E-state index contributed by atoms with van der Waals surface area (Å²) >= 11 is 0.950. The Balaban J connectivity index is 1.93. The minimum Gasteiger partial charge on any atom is -0.378 e. The standard InChI is InChI=1S/C12H8FN5O2S/c13-7-3-1-6(2-4-7)5-8-11(19)18(12(15)21-8)10-9(14)16-20-17-10/h1-5,15H,(H2,14,16). The molecule has 2 heterocycles. The molecule has 0 aliphatic carbocycles. The second kappa shape index (κ2) is 5.02. The molecule has 1 amide bonds. The zero-order valence-corrected chi connectivity index (χ0v) is 11.2. The molecule has 2 aromatic rings. The summed E-state index contributed by atoms with van der Waals surface area (Å²) in [5, 5.41) is 14.7. The van der Waals surface area contributed by atoms with Gasteiger partial charge < -0.3 is 5.73 Å². The Morgan fingerprint density at radius 2 is 2.05 bits per heavy atom. The smallest absolute Gasteiger partial charge is 0.272 e. The van der Waals surface area contributed by atoms with Crippen LogP contribution >= 0.6 is 11.8 Å². The molecule has 1 aliphatic heterocycles. The minimum atomic E-state index is -0.461. The molecule has 0 unspecified atom stereocenters. The highest BCUT2D eigenvalue weighted by molar-refractivity contribution is 8.19. The van der Waals surface area contributed by atoms with E-state index in [2.05, 4.69) is 14.9 Å². The molecule has 1 aromatic heterocycles. The van der Waals surface area contributed by atoms with Crippen molar-refractivity contribution in [2.24, 2.45) is 0 Å². The zero-order chi connectivity index (χ0) is 15.0. The van der Waals surface area contributed by atoms with Crippen LogP contribution < -0.4 is 10.6 Å². The number of halogens is 1. The summed E-state index contributed by atoms with van der Waals surface area (Å²) in [5.74, 6) is -0.910. The molecule has 1 fully saturated rings. The van der Waals surface area contributed by atoms with Crippen LogP contribution in [0.25, 0.3) is 6.08 Å². The molecule has 0 atom stereocenters. The zero-order valence-electron chi connectivity index (χ0n) is 10.4. The maximum atomic E-state index is 12.9. The van der Waals surface area contributed by atoms with Crippen molar-refractivity contribution in [1.29, 1.82) is 5.41 Å². The van der Waals surface area contributed by atoms with Crippen molar-refractivity contribution < 1.29 is 13.8 Å². The van der Waals surface area contributed by atoms with Crippen molar-refractivity contribution in [2.45, 2.75) is 0 Å². The summed E-state index contributed by atoms with van der Waals surface area (Å²) in [5.41, 5.74) is 6.18. The van der Waals surface area contributed by atoms with Gasteiger partial charge in [-0.05, 0) is 45.8 Å². The van der Waals surface area contributed by atoms with Crippen molar-refractivity contribution >= 4 is 40.5 Å². The summed E-state index contributed by atoms with van der Waals surface area (Å²) in [7, 11) is 0. The van der Waals surface area contributed by atoms with E-state index in [9.17, 15) is 9.18 Å². The van der Waals surface area contributed by atoms with E-state index >= 15 is 0 Å². The van der Waals surface area contributed by atoms with Crippen LogP contribution in [0.4, 0.5) is 16.0 Å². The Morgan fingerprint density at radius 1 is 1.33 bits per heavy atom. The van der Waals surface area contributed by atoms with Crippen molar-refractivity contribution in [2.75, 3.05) is 10.6 Å². The highest BCUT2D eigenvalue weighted by Crippen LogP contribution is 2.35. The van der Waals surface area contributed by atoms with Gasteiger partial charge in [-0.2, -0.15) is 0 Å². The average molecular weight is 305 g/mol. The first-order valence-corrected chi connectivity index (χ1v) is 6.54. The molecule has 1 aliphatic rings. The van der Waals surface area contributed by atoms with Crippen LogP contribution in [-0.4, -0.2) is 21.4 Å². The van der Waals surface area contributed by atoms with E-state index in [1.807, 2.05) is 0 Å². The maximum Gasteiger partial charge on any atom is 0.272 e. The predicted molar refractivity (Wildman–Crippen MR) is 75.9 cm³/mol. The maximum absolute atomic E-state index is 12.9. The number of anilines is 2. The summed E-state index contributed by atoms with van der Waals surface area (Å²) in [4.78, 5) is 13.6. The van der Waals surface area contributed by atoms with E-state index in [-0.39, 0.29) is 22.6 Å². The van der Waals surface area contributed by atoms with E-state index in [4.69, 9.17) is 11.1 Å². The second-order valence-corrected chi connectivity index (χ2v) is 5.11. The number of carbonyl (C=O) groups excluding carboxylic acids is 1.